The van der Waals surface area contributed by atoms with E-state index in [9.17, 15) is 4.79 Å². The minimum atomic E-state index is -0.199. The summed E-state index contributed by atoms with van der Waals surface area (Å²) in [5, 5.41) is 6.70. The molecule has 1 aliphatic rings. The van der Waals surface area contributed by atoms with Gasteiger partial charge in [0.15, 0.2) is 5.69 Å². The van der Waals surface area contributed by atoms with Crippen molar-refractivity contribution in [2.24, 2.45) is 5.92 Å². The standard InChI is InChI=1S/C18H22N2O3/c1-12-5-7-14(8-6-12)17-15(4-3-9-22-17)11-19-18(21)16-10-13(2)23-20-16/h5-8,10,15,17H,3-4,9,11H2,1-2H3,(H,19,21)/t15-,17-/m1/s1. The van der Waals surface area contributed by atoms with Crippen LogP contribution < -0.4 is 5.32 Å². The largest absolute Gasteiger partial charge is 0.373 e. The van der Waals surface area contributed by atoms with E-state index in [-0.39, 0.29) is 17.9 Å². The zero-order chi connectivity index (χ0) is 16.2. The number of benzene rings is 1. The molecular weight excluding hydrogens is 292 g/mol. The summed E-state index contributed by atoms with van der Waals surface area (Å²) in [4.78, 5) is 12.1. The van der Waals surface area contributed by atoms with Gasteiger partial charge in [-0.1, -0.05) is 35.0 Å². The fraction of sp³-hybridized carbons (Fsp3) is 0.444. The monoisotopic (exact) mass is 314 g/mol. The molecule has 23 heavy (non-hydrogen) atoms. The molecule has 1 aromatic carbocycles. The second-order valence-corrected chi connectivity index (χ2v) is 6.14. The van der Waals surface area contributed by atoms with Gasteiger partial charge < -0.3 is 14.6 Å². The highest BCUT2D eigenvalue weighted by atomic mass is 16.5. The van der Waals surface area contributed by atoms with Crippen LogP contribution in [0, 0.1) is 19.8 Å². The normalized spacial score (nSPS) is 21.1. The van der Waals surface area contributed by atoms with Crippen LogP contribution in [0.25, 0.3) is 0 Å². The van der Waals surface area contributed by atoms with Crippen molar-refractivity contribution in [3.63, 3.8) is 0 Å². The molecule has 0 aliphatic carbocycles. The van der Waals surface area contributed by atoms with Crippen molar-refractivity contribution in [1.82, 2.24) is 10.5 Å². The third kappa shape index (κ3) is 3.79. The quantitative estimate of drug-likeness (QED) is 0.941. The predicted molar refractivity (Wildman–Crippen MR) is 86.2 cm³/mol. The summed E-state index contributed by atoms with van der Waals surface area (Å²) in [6.45, 7) is 5.18. The maximum Gasteiger partial charge on any atom is 0.273 e. The van der Waals surface area contributed by atoms with Gasteiger partial charge in [0.25, 0.3) is 5.91 Å². The van der Waals surface area contributed by atoms with Crippen LogP contribution in [0.4, 0.5) is 0 Å². The van der Waals surface area contributed by atoms with Gasteiger partial charge >= 0.3 is 0 Å². The van der Waals surface area contributed by atoms with Crippen LogP contribution >= 0.6 is 0 Å². The van der Waals surface area contributed by atoms with E-state index < -0.39 is 0 Å². The number of aromatic nitrogens is 1. The molecule has 1 aromatic heterocycles. The van der Waals surface area contributed by atoms with Gasteiger partial charge in [0.2, 0.25) is 0 Å². The highest BCUT2D eigenvalue weighted by Gasteiger charge is 2.28. The number of aryl methyl sites for hydroxylation is 2. The van der Waals surface area contributed by atoms with E-state index in [2.05, 4.69) is 41.7 Å². The van der Waals surface area contributed by atoms with E-state index in [0.29, 0.717) is 18.0 Å². The summed E-state index contributed by atoms with van der Waals surface area (Å²) in [7, 11) is 0. The number of nitrogens with one attached hydrogen (secondary N) is 1. The van der Waals surface area contributed by atoms with E-state index in [0.717, 1.165) is 19.4 Å². The van der Waals surface area contributed by atoms with Crippen molar-refractivity contribution in [1.29, 1.82) is 0 Å². The molecule has 3 rings (SSSR count). The summed E-state index contributed by atoms with van der Waals surface area (Å²) in [6.07, 6.45) is 2.09. The molecule has 1 amide bonds. The SMILES string of the molecule is Cc1ccc([C@H]2OCCC[C@@H]2CNC(=O)c2cc(C)on2)cc1. The fourth-order valence-electron chi connectivity index (χ4n) is 2.96. The first kappa shape index (κ1) is 15.7. The molecule has 2 atom stereocenters. The molecule has 1 saturated heterocycles. The van der Waals surface area contributed by atoms with Gasteiger partial charge in [-0.2, -0.15) is 0 Å². The molecule has 5 heteroatoms. The lowest BCUT2D eigenvalue weighted by molar-refractivity contribution is -0.0272. The minimum Gasteiger partial charge on any atom is -0.373 e. The topological polar surface area (TPSA) is 64.4 Å². The lowest BCUT2D eigenvalue weighted by Crippen LogP contribution is -2.35. The van der Waals surface area contributed by atoms with Crippen LogP contribution in [0.1, 0.15) is 46.3 Å². The molecule has 0 bridgehead atoms. The molecule has 5 nitrogen and oxygen atoms in total. The Hall–Kier alpha value is -2.14. The van der Waals surface area contributed by atoms with Crippen molar-refractivity contribution in [2.45, 2.75) is 32.8 Å². The maximum absolute atomic E-state index is 12.1. The number of carbonyl (C=O) groups is 1. The summed E-state index contributed by atoms with van der Waals surface area (Å²) >= 11 is 0. The number of hydrogen-bond acceptors (Lipinski definition) is 4. The molecule has 0 saturated carbocycles. The molecule has 2 aromatic rings. The Labute approximate surface area is 136 Å². The molecule has 1 fully saturated rings. The molecule has 0 spiro atoms. The number of amides is 1. The second kappa shape index (κ2) is 6.96. The first-order chi connectivity index (χ1) is 11.1. The van der Waals surface area contributed by atoms with Gasteiger partial charge in [-0.25, -0.2) is 0 Å². The van der Waals surface area contributed by atoms with Crippen LogP contribution in [0.5, 0.6) is 0 Å². The van der Waals surface area contributed by atoms with Gasteiger partial charge in [0, 0.05) is 25.1 Å². The summed E-state index contributed by atoms with van der Waals surface area (Å²) in [6, 6.07) is 10.1. The lowest BCUT2D eigenvalue weighted by atomic mass is 9.89. The maximum atomic E-state index is 12.1. The van der Waals surface area contributed by atoms with Crippen molar-refractivity contribution in [2.75, 3.05) is 13.2 Å². The average Bonchev–Trinajstić information content (AvgIpc) is 3.00. The molecule has 0 unspecified atom stereocenters. The van der Waals surface area contributed by atoms with Gasteiger partial charge in [0.1, 0.15) is 5.76 Å². The highest BCUT2D eigenvalue weighted by Crippen LogP contribution is 2.33. The van der Waals surface area contributed by atoms with Crippen LogP contribution in [-0.2, 0) is 4.74 Å². The van der Waals surface area contributed by atoms with E-state index >= 15 is 0 Å². The van der Waals surface area contributed by atoms with Gasteiger partial charge in [-0.15, -0.1) is 0 Å². The van der Waals surface area contributed by atoms with Crippen molar-refractivity contribution in [3.05, 3.63) is 52.9 Å². The van der Waals surface area contributed by atoms with Crippen LogP contribution in [-0.4, -0.2) is 24.2 Å². The van der Waals surface area contributed by atoms with Crippen molar-refractivity contribution >= 4 is 5.91 Å². The van der Waals surface area contributed by atoms with Crippen LogP contribution in [0.15, 0.2) is 34.9 Å². The Morgan fingerprint density at radius 2 is 2.09 bits per heavy atom. The number of rotatable bonds is 4. The van der Waals surface area contributed by atoms with Crippen LogP contribution in [0.2, 0.25) is 0 Å². The fourth-order valence-corrected chi connectivity index (χ4v) is 2.96. The Morgan fingerprint density at radius 1 is 1.30 bits per heavy atom. The Morgan fingerprint density at radius 3 is 2.78 bits per heavy atom. The zero-order valence-electron chi connectivity index (χ0n) is 13.5. The van der Waals surface area contributed by atoms with E-state index in [1.165, 1.54) is 11.1 Å². The lowest BCUT2D eigenvalue weighted by Gasteiger charge is -2.32. The summed E-state index contributed by atoms with van der Waals surface area (Å²) in [5.74, 6) is 0.701. The molecule has 1 N–H and O–H groups in total. The van der Waals surface area contributed by atoms with E-state index in [4.69, 9.17) is 9.26 Å². The number of ether oxygens (including phenoxy) is 1. The number of nitrogens with zero attached hydrogens (tertiary/aromatic N) is 1. The molecule has 122 valence electrons. The molecular formula is C18H22N2O3. The first-order valence-electron chi connectivity index (χ1n) is 8.03. The Bertz CT molecular complexity index is 663. The summed E-state index contributed by atoms with van der Waals surface area (Å²) < 4.78 is 10.9. The number of carbonyl (C=O) groups excluding carboxylic acids is 1. The summed E-state index contributed by atoms with van der Waals surface area (Å²) in [5.41, 5.74) is 2.73. The highest BCUT2D eigenvalue weighted by molar-refractivity contribution is 5.92. The average molecular weight is 314 g/mol. The molecule has 1 aliphatic heterocycles. The smallest absolute Gasteiger partial charge is 0.273 e. The molecule has 2 heterocycles. The minimum absolute atomic E-state index is 0.0312. The van der Waals surface area contributed by atoms with E-state index in [1.807, 2.05) is 0 Å². The number of hydrogen-bond donors (Lipinski definition) is 1. The zero-order valence-corrected chi connectivity index (χ0v) is 13.5. The first-order valence-corrected chi connectivity index (χ1v) is 8.03. The van der Waals surface area contributed by atoms with Gasteiger partial charge in [-0.3, -0.25) is 4.79 Å². The third-order valence-electron chi connectivity index (χ3n) is 4.24. The van der Waals surface area contributed by atoms with Crippen molar-refractivity contribution in [3.8, 4) is 0 Å². The second-order valence-electron chi connectivity index (χ2n) is 6.14. The van der Waals surface area contributed by atoms with Crippen LogP contribution in [0.3, 0.4) is 0 Å². The Kier molecular flexibility index (Phi) is 4.76. The molecule has 0 radical (unpaired) electrons. The van der Waals surface area contributed by atoms with Crippen molar-refractivity contribution < 1.29 is 14.1 Å². The third-order valence-corrected chi connectivity index (χ3v) is 4.24. The van der Waals surface area contributed by atoms with Gasteiger partial charge in [0.05, 0.1) is 6.10 Å². The van der Waals surface area contributed by atoms with E-state index in [1.54, 1.807) is 13.0 Å². The van der Waals surface area contributed by atoms with Gasteiger partial charge in [-0.05, 0) is 32.3 Å². The Balaban J connectivity index is 1.64. The predicted octanol–water partition coefficient (Wildman–Crippen LogP) is 3.19.